The van der Waals surface area contributed by atoms with Crippen molar-refractivity contribution in [2.75, 3.05) is 0 Å². The first-order valence-electron chi connectivity index (χ1n) is 34.9. The monoisotopic (exact) mass is 664 g/mol. The Labute approximate surface area is 323 Å². The molecule has 1 aliphatic carbocycles. The van der Waals surface area contributed by atoms with Crippen LogP contribution in [0.1, 0.15) is 286 Å². The number of allylic oxidation sites excluding steroid dienone is 6. The fraction of sp³-hybridized carbons (Fsp3) is 0.860. The van der Waals surface area contributed by atoms with E-state index in [1.54, 1.807) is 0 Å². The Hall–Kier alpha value is -0.780. The quantitative estimate of drug-likeness (QED) is 0.0846. The summed E-state index contributed by atoms with van der Waals surface area (Å²) in [6.07, 6.45) is 62.4. The smallest absolute Gasteiger partial charge is 0 e. The highest BCUT2D eigenvalue weighted by Crippen LogP contribution is 2.15. The molecule has 0 aliphatic heterocycles. The SMILES string of the molecule is C.C1=CCCCCCCCCCCCCCC1.CCCCCC=CCCCCCCCCCCCCC=CCCCCC.[2HH].[2H][2H].[2H][2H].[2H][2H].[2H][2H].[2H][2H].[2H][2H].[2H][2H].[2H][2H].[2H][2H].[2H][2H].[2H][2H].[2H][2H].[2H][2H].[2H][2H].[2H][2H]. The zero-order chi connectivity index (χ0) is 60.3. The van der Waals surface area contributed by atoms with Gasteiger partial charge < -0.3 is 0 Å². The molecule has 0 N–H and O–H groups in total. The van der Waals surface area contributed by atoms with Gasteiger partial charge in [-0.15, -0.1) is 0 Å². The van der Waals surface area contributed by atoms with E-state index in [0.717, 1.165) is 0 Å². The zero-order valence-corrected chi connectivity index (χ0v) is 29.5. The fourth-order valence-corrected chi connectivity index (χ4v) is 5.96. The van der Waals surface area contributed by atoms with Crippen molar-refractivity contribution in [2.45, 2.75) is 240 Å². The predicted molar refractivity (Wildman–Crippen MR) is 236 cm³/mol. The molecule has 1 aliphatic rings. The van der Waals surface area contributed by atoms with Crippen molar-refractivity contribution < 1.29 is 46.0 Å². The molecule has 43 heavy (non-hydrogen) atoms. The number of hydrogen-bond donors (Lipinski definition) is 0. The minimum atomic E-state index is 0. The summed E-state index contributed by atoms with van der Waals surface area (Å²) in [6, 6.07) is 0. The van der Waals surface area contributed by atoms with Crippen LogP contribution in [0, 0.1) is 0 Å². The van der Waals surface area contributed by atoms with Crippen LogP contribution < -0.4 is 0 Å². The standard InChI is InChI=1S/C26H50.C16H30.CH4.16H2/c1-3-5-7-9-11-13-15-17-19-21-23-25-26-24-22-20-18-16-14-12-10-8-6-4-2;1-2-4-6-8-10-12-14-16-15-13-11-9-7-5-3-1;;;;;;;;;;;;;;;;;/h11-14H,3-10,15-26H2,1-2H3;1-2H,3-16H2;1H4;16*1H/i;;;15*1+1D;1+1. The van der Waals surface area contributed by atoms with Gasteiger partial charge in [-0.2, -0.15) is 0 Å². The van der Waals surface area contributed by atoms with Crippen LogP contribution in [0.3, 0.4) is 0 Å². The maximum atomic E-state index is 5.00. The average molecular weight is 665 g/mol. The van der Waals surface area contributed by atoms with Crippen molar-refractivity contribution in [2.24, 2.45) is 0 Å². The Kier molecular flexibility index (Phi) is 23.7. The van der Waals surface area contributed by atoms with E-state index >= 15 is 0 Å². The molecular weight excluding hydrogens is 516 g/mol. The van der Waals surface area contributed by atoms with Crippen LogP contribution in [0.25, 0.3) is 0 Å². The predicted octanol–water partition coefficient (Wildman–Crippen LogP) is 20.5. The van der Waals surface area contributed by atoms with Gasteiger partial charge in [0.1, 0.15) is 0 Å². The topological polar surface area (TPSA) is 0 Å². The molecule has 0 saturated carbocycles. The summed E-state index contributed by atoms with van der Waals surface area (Å²) >= 11 is 0. The molecule has 1 rings (SSSR count). The van der Waals surface area contributed by atoms with E-state index in [1.165, 1.54) is 218 Å². The summed E-state index contributed by atoms with van der Waals surface area (Å²) in [6.45, 7) is 4.55. The van der Waals surface area contributed by atoms with Gasteiger partial charge in [-0.3, -0.25) is 0 Å². The molecule has 0 radical (unpaired) electrons. The van der Waals surface area contributed by atoms with Crippen LogP contribution in [0.15, 0.2) is 36.5 Å². The second-order valence-corrected chi connectivity index (χ2v) is 13.3. The Morgan fingerprint density at radius 1 is 0.372 bits per heavy atom. The molecule has 0 heterocycles. The van der Waals surface area contributed by atoms with Gasteiger partial charge in [0.15, 0.2) is 0 Å². The minimum Gasteiger partial charge on any atom is -0.0885 e. The molecule has 0 aromatic carbocycles. The van der Waals surface area contributed by atoms with Gasteiger partial charge >= 0.3 is 0 Å². The molecule has 0 aromatic rings. The average Bonchev–Trinajstić information content (AvgIpc) is 3.50. The van der Waals surface area contributed by atoms with Crippen molar-refractivity contribution >= 4 is 0 Å². The van der Waals surface area contributed by atoms with Crippen LogP contribution in [-0.2, 0) is 0 Å². The molecule has 0 heteroatoms. The highest BCUT2D eigenvalue weighted by molar-refractivity contribution is 4.82. The van der Waals surface area contributed by atoms with Gasteiger partial charge in [0.2, 0.25) is 0 Å². The van der Waals surface area contributed by atoms with Crippen LogP contribution in [-0.4, -0.2) is 0 Å². The third kappa shape index (κ3) is 43.4. The first kappa shape index (κ1) is 23.5. The highest BCUT2D eigenvalue weighted by Gasteiger charge is 1.95. The Morgan fingerprint density at radius 2 is 0.605 bits per heavy atom. The molecule has 0 spiro atoms. The lowest BCUT2D eigenvalue weighted by Gasteiger charge is -2.03. The van der Waals surface area contributed by atoms with Crippen molar-refractivity contribution in [3.05, 3.63) is 36.5 Å². The van der Waals surface area contributed by atoms with Gasteiger partial charge in [0.25, 0.3) is 0 Å². The Morgan fingerprint density at radius 3 is 0.884 bits per heavy atom. The lowest BCUT2D eigenvalue weighted by Crippen LogP contribution is -1.83. The molecular formula is C43H116. The second kappa shape index (κ2) is 43.3. The van der Waals surface area contributed by atoms with Gasteiger partial charge in [0, 0.05) is 46.0 Å². The maximum absolute atomic E-state index is 5.00. The molecule has 0 atom stereocenters. The van der Waals surface area contributed by atoms with Crippen LogP contribution in [0.5, 0.6) is 0 Å². The molecule has 0 unspecified atom stereocenters. The Balaban J connectivity index is -0.0000000352. The van der Waals surface area contributed by atoms with Crippen LogP contribution in [0.2, 0.25) is 0 Å². The molecule has 0 aromatic heterocycles. The maximum Gasteiger partial charge on any atom is 0 e. The van der Waals surface area contributed by atoms with Crippen LogP contribution >= 0.6 is 0 Å². The van der Waals surface area contributed by atoms with Crippen LogP contribution in [0.4, 0.5) is 0 Å². The molecule has 0 amide bonds. The zero-order valence-electron chi connectivity index (χ0n) is 59.5. The third-order valence-electron chi connectivity index (χ3n) is 8.93. The van der Waals surface area contributed by atoms with Gasteiger partial charge in [-0.1, -0.05) is 199 Å². The molecule has 0 bridgehead atoms. The molecule has 0 saturated heterocycles. The summed E-state index contributed by atoms with van der Waals surface area (Å²) in [5.41, 5.74) is 0. The molecule has 0 fully saturated rings. The van der Waals surface area contributed by atoms with Gasteiger partial charge in [-0.25, -0.2) is 0 Å². The largest absolute Gasteiger partial charge is 0.0885 e. The highest BCUT2D eigenvalue weighted by atomic mass is 14.0. The van der Waals surface area contributed by atoms with Crippen molar-refractivity contribution in [1.82, 2.24) is 0 Å². The van der Waals surface area contributed by atoms with Crippen molar-refractivity contribution in [3.63, 3.8) is 0 Å². The number of hydrogen-bond acceptors (Lipinski definition) is 0. The fourth-order valence-electron chi connectivity index (χ4n) is 5.96. The minimum absolute atomic E-state index is 0. The van der Waals surface area contributed by atoms with Gasteiger partial charge in [0.05, 0.1) is 0 Å². The Bertz CT molecular complexity index is 563. The molecule has 288 valence electrons. The van der Waals surface area contributed by atoms with E-state index in [9.17, 15) is 0 Å². The summed E-state index contributed by atoms with van der Waals surface area (Å²) in [5.74, 6) is 0. The van der Waals surface area contributed by atoms with E-state index in [1.807, 2.05) is 0 Å². The summed E-state index contributed by atoms with van der Waals surface area (Å²) in [5, 5.41) is 0. The molecule has 0 nitrogen and oxygen atoms in total. The lowest BCUT2D eigenvalue weighted by atomic mass is 10.0. The second-order valence-electron chi connectivity index (χ2n) is 13.3. The first-order valence-corrected chi connectivity index (χ1v) is 19.9. The summed E-state index contributed by atoms with van der Waals surface area (Å²) in [4.78, 5) is 0. The van der Waals surface area contributed by atoms with E-state index in [4.69, 9.17) is 44.5 Å². The number of unbranched alkanes of at least 4 members (excludes halogenated alkanes) is 17. The normalized spacial score (nSPS) is 18.6. The summed E-state index contributed by atoms with van der Waals surface area (Å²) in [7, 11) is 0. The van der Waals surface area contributed by atoms with Crippen molar-refractivity contribution in [1.29, 1.82) is 0 Å². The van der Waals surface area contributed by atoms with E-state index < -0.39 is 0 Å². The van der Waals surface area contributed by atoms with Gasteiger partial charge in [-0.05, 0) is 77.0 Å². The first-order chi connectivity index (χ1) is 35.9. The third-order valence-corrected chi connectivity index (χ3v) is 8.93. The number of rotatable bonds is 21. The summed E-state index contributed by atoms with van der Waals surface area (Å²) < 4.78 is 150. The van der Waals surface area contributed by atoms with E-state index in [2.05, 4.69) is 50.3 Å². The van der Waals surface area contributed by atoms with Crippen molar-refractivity contribution in [3.8, 4) is 0 Å². The van der Waals surface area contributed by atoms with E-state index in [-0.39, 0.29) is 8.85 Å². The lowest BCUT2D eigenvalue weighted by molar-refractivity contribution is 0.540. The van der Waals surface area contributed by atoms with E-state index in [0.29, 0.717) is 0 Å².